The number of hydrogen-bond donors (Lipinski definition) is 3. The summed E-state index contributed by atoms with van der Waals surface area (Å²) in [4.78, 5) is 33.1. The van der Waals surface area contributed by atoms with E-state index in [1.807, 2.05) is 0 Å². The molecule has 224 valence electrons. The molecule has 3 aromatic carbocycles. The van der Waals surface area contributed by atoms with Gasteiger partial charge in [0.15, 0.2) is 0 Å². The van der Waals surface area contributed by atoms with Gasteiger partial charge in [0.25, 0.3) is 18.2 Å². The van der Waals surface area contributed by atoms with Crippen molar-refractivity contribution in [1.82, 2.24) is 20.0 Å². The molecule has 2 aliphatic heterocycles. The molecule has 2 aliphatic rings. The molecule has 0 bridgehead atoms. The molecular weight excluding hydrogens is 589 g/mol. The van der Waals surface area contributed by atoms with Gasteiger partial charge in [-0.1, -0.05) is 6.07 Å². The Labute approximate surface area is 236 Å². The van der Waals surface area contributed by atoms with Crippen molar-refractivity contribution in [3.63, 3.8) is 0 Å². The van der Waals surface area contributed by atoms with Crippen molar-refractivity contribution in [1.29, 1.82) is 5.41 Å². The Hall–Kier alpha value is -4.70. The van der Waals surface area contributed by atoms with Crippen molar-refractivity contribution in [2.75, 3.05) is 5.01 Å². The van der Waals surface area contributed by atoms with Crippen molar-refractivity contribution in [2.24, 2.45) is 7.05 Å². The smallest absolute Gasteiger partial charge is 0.315 e. The van der Waals surface area contributed by atoms with E-state index in [1.165, 1.54) is 19.2 Å². The maximum atomic E-state index is 14.5. The van der Waals surface area contributed by atoms with Crippen LogP contribution in [0.2, 0.25) is 0 Å². The van der Waals surface area contributed by atoms with Gasteiger partial charge in [-0.15, -0.1) is 5.59 Å². The molecule has 9 nitrogen and oxygen atoms in total. The van der Waals surface area contributed by atoms with Gasteiger partial charge in [-0.25, -0.2) is 27.4 Å². The number of hydrogen-bond acceptors (Lipinski definition) is 5. The van der Waals surface area contributed by atoms with Crippen LogP contribution in [-0.4, -0.2) is 27.4 Å². The zero-order valence-corrected chi connectivity index (χ0v) is 22.0. The lowest BCUT2D eigenvalue weighted by atomic mass is 9.88. The Bertz CT molecular complexity index is 1930. The number of rotatable bonds is 4. The molecule has 0 radical (unpaired) electrons. The fourth-order valence-corrected chi connectivity index (χ4v) is 5.58. The lowest BCUT2D eigenvalue weighted by Gasteiger charge is -2.40. The third-order valence-corrected chi connectivity index (χ3v) is 7.43. The fourth-order valence-electron chi connectivity index (χ4n) is 5.58. The number of aromatic nitrogens is 2. The van der Waals surface area contributed by atoms with Gasteiger partial charge in [-0.05, 0) is 48.9 Å². The Morgan fingerprint density at radius 1 is 1.09 bits per heavy atom. The molecule has 1 aromatic heterocycles. The third kappa shape index (κ3) is 4.19. The number of benzene rings is 3. The quantitative estimate of drug-likeness (QED) is 0.300. The number of carbonyl (C=O) groups is 2. The van der Waals surface area contributed by atoms with Crippen LogP contribution in [0.25, 0.3) is 11.0 Å². The van der Waals surface area contributed by atoms with E-state index >= 15 is 0 Å². The molecular formula is C27H19F7N6O3. The molecule has 1 atom stereocenters. The number of hydrazine groups is 1. The molecule has 16 heteroatoms. The molecule has 4 aromatic rings. The summed E-state index contributed by atoms with van der Waals surface area (Å²) >= 11 is 0. The minimum absolute atomic E-state index is 0.000781. The second-order valence-corrected chi connectivity index (χ2v) is 10.1. The minimum Gasteiger partial charge on any atom is -0.315 e. The molecule has 0 aliphatic carbocycles. The summed E-state index contributed by atoms with van der Waals surface area (Å²) in [7, 11) is 1.35. The van der Waals surface area contributed by atoms with Gasteiger partial charge in [0, 0.05) is 18.2 Å². The first kappa shape index (κ1) is 28.4. The molecule has 3 heterocycles. The Morgan fingerprint density at radius 3 is 2.49 bits per heavy atom. The van der Waals surface area contributed by atoms with Gasteiger partial charge >= 0.3 is 6.18 Å². The molecule has 0 saturated carbocycles. The van der Waals surface area contributed by atoms with Gasteiger partial charge in [0.2, 0.25) is 11.3 Å². The number of imidazole rings is 1. The predicted octanol–water partition coefficient (Wildman–Crippen LogP) is 4.37. The molecule has 43 heavy (non-hydrogen) atoms. The SMILES string of the molecule is Cc1ccc(F)cc1C12NC(=O)c3c1c(cc1c3n(C)c(=N)n1CC(F)F)N(C(=O)c1cc(F)cc(C(F)(F)F)c1)NO2. The summed E-state index contributed by atoms with van der Waals surface area (Å²) < 4.78 is 98.2. The van der Waals surface area contributed by atoms with Gasteiger partial charge < -0.3 is 14.5 Å². The highest BCUT2D eigenvalue weighted by Gasteiger charge is 2.54. The number of aryl methyl sites for hydroxylation is 2. The summed E-state index contributed by atoms with van der Waals surface area (Å²) in [6.45, 7) is 0.611. The van der Waals surface area contributed by atoms with Crippen LogP contribution in [0.4, 0.5) is 36.4 Å². The number of nitrogens with zero attached hydrogens (tertiary/aromatic N) is 3. The van der Waals surface area contributed by atoms with Gasteiger partial charge in [0.1, 0.15) is 11.6 Å². The first-order valence-corrected chi connectivity index (χ1v) is 12.5. The average molecular weight is 608 g/mol. The van der Waals surface area contributed by atoms with E-state index in [9.17, 15) is 40.3 Å². The first-order chi connectivity index (χ1) is 20.1. The van der Waals surface area contributed by atoms with Crippen LogP contribution in [0.15, 0.2) is 42.5 Å². The molecule has 0 saturated heterocycles. The van der Waals surface area contributed by atoms with Crippen LogP contribution in [0, 0.1) is 24.0 Å². The largest absolute Gasteiger partial charge is 0.416 e. The van der Waals surface area contributed by atoms with E-state index in [0.717, 1.165) is 21.3 Å². The zero-order chi connectivity index (χ0) is 31.2. The van der Waals surface area contributed by atoms with Gasteiger partial charge in [0.05, 0.1) is 40.0 Å². The number of anilines is 1. The predicted molar refractivity (Wildman–Crippen MR) is 135 cm³/mol. The highest BCUT2D eigenvalue weighted by molar-refractivity contribution is 6.15. The van der Waals surface area contributed by atoms with E-state index in [1.54, 1.807) is 6.92 Å². The fraction of sp³-hybridized carbons (Fsp3) is 0.222. The third-order valence-electron chi connectivity index (χ3n) is 7.43. The summed E-state index contributed by atoms with van der Waals surface area (Å²) in [5.74, 6) is -4.19. The van der Waals surface area contributed by atoms with E-state index < -0.39 is 65.1 Å². The monoisotopic (exact) mass is 608 g/mol. The van der Waals surface area contributed by atoms with Gasteiger partial charge in [-0.3, -0.25) is 15.0 Å². The second kappa shape index (κ2) is 9.40. The van der Waals surface area contributed by atoms with Crippen LogP contribution in [0.5, 0.6) is 0 Å². The summed E-state index contributed by atoms with van der Waals surface area (Å²) in [6, 6.07) is 5.97. The maximum absolute atomic E-state index is 14.5. The number of nitrogens with one attached hydrogen (secondary N) is 3. The maximum Gasteiger partial charge on any atom is 0.416 e. The van der Waals surface area contributed by atoms with Crippen LogP contribution in [-0.2, 0) is 30.3 Å². The molecule has 1 unspecified atom stereocenters. The minimum atomic E-state index is -5.00. The van der Waals surface area contributed by atoms with Crippen molar-refractivity contribution in [3.8, 4) is 0 Å². The van der Waals surface area contributed by atoms with Crippen molar-refractivity contribution >= 4 is 28.5 Å². The Morgan fingerprint density at radius 2 is 1.81 bits per heavy atom. The van der Waals surface area contributed by atoms with E-state index in [2.05, 4.69) is 10.9 Å². The molecule has 6 rings (SSSR count). The lowest BCUT2D eigenvalue weighted by Crippen LogP contribution is -2.57. The van der Waals surface area contributed by atoms with E-state index in [4.69, 9.17) is 10.2 Å². The highest BCUT2D eigenvalue weighted by Crippen LogP contribution is 2.49. The normalized spacial score (nSPS) is 18.0. The Kier molecular flexibility index (Phi) is 6.21. The lowest BCUT2D eigenvalue weighted by molar-refractivity contribution is -0.137. The summed E-state index contributed by atoms with van der Waals surface area (Å²) in [6.07, 6.45) is -7.93. The van der Waals surface area contributed by atoms with Crippen LogP contribution in [0.3, 0.4) is 0 Å². The summed E-state index contributed by atoms with van der Waals surface area (Å²) in [5.41, 5.74) is -2.58. The highest BCUT2D eigenvalue weighted by atomic mass is 19.4. The molecule has 2 amide bonds. The number of halogens is 7. The first-order valence-electron chi connectivity index (χ1n) is 12.5. The van der Waals surface area contributed by atoms with E-state index in [-0.39, 0.29) is 39.5 Å². The van der Waals surface area contributed by atoms with Crippen LogP contribution < -0.4 is 21.5 Å². The molecule has 0 spiro atoms. The zero-order valence-electron chi connectivity index (χ0n) is 22.0. The number of alkyl halides is 5. The molecule has 3 N–H and O–H groups in total. The van der Waals surface area contributed by atoms with Crippen LogP contribution in [0.1, 0.15) is 43.0 Å². The van der Waals surface area contributed by atoms with E-state index in [0.29, 0.717) is 22.7 Å². The topological polar surface area (TPSA) is 104 Å². The second-order valence-electron chi connectivity index (χ2n) is 10.1. The van der Waals surface area contributed by atoms with Crippen molar-refractivity contribution in [2.45, 2.75) is 31.8 Å². The van der Waals surface area contributed by atoms with Crippen molar-refractivity contribution in [3.05, 3.63) is 93.1 Å². The number of carbonyl (C=O) groups excluding carboxylic acids is 2. The summed E-state index contributed by atoms with van der Waals surface area (Å²) in [5, 5.41) is 11.6. The average Bonchev–Trinajstić information content (AvgIpc) is 3.36. The van der Waals surface area contributed by atoms with Crippen LogP contribution >= 0.6 is 0 Å². The number of amides is 2. The van der Waals surface area contributed by atoms with Crippen molar-refractivity contribution < 1.29 is 45.2 Å². The molecule has 0 fully saturated rings. The van der Waals surface area contributed by atoms with Gasteiger partial charge in [-0.2, -0.15) is 13.2 Å². The standard InChI is InChI=1S/C27H19F7N6O3/c1-11-3-4-14(28)8-16(11)26-21-17(40(37-43-26)24(42)12-5-13(27(32,33)34)7-15(29)6-12)9-18-22(20(21)23(41)36-26)38(2)25(35)39(18)10-19(30)31/h3-9,19,35,37H,10H2,1-2H3,(H,36,41). The Balaban J connectivity index is 1.67. The number of fused-ring (bicyclic) bond motifs is 2.